The number of carbonyl (C=O) groups excluding carboxylic acids is 3. The minimum absolute atomic E-state index is 0.0832. The SMILES string of the molecule is CCC/C=C\C/C=C\CCCCCCCC(=O)OC(COC(=O)CCCCCCC/C=C\CCCC)COC(=O)CCCCCCCCC/C=C\CCCCCCCCC. The maximum absolute atomic E-state index is 12.8. The highest BCUT2D eigenvalue weighted by Crippen LogP contribution is 2.14. The van der Waals surface area contributed by atoms with Gasteiger partial charge in [0, 0.05) is 19.3 Å². The zero-order valence-corrected chi connectivity index (χ0v) is 39.7. The first-order valence-corrected chi connectivity index (χ1v) is 25.6. The Labute approximate surface area is 371 Å². The van der Waals surface area contributed by atoms with E-state index in [4.69, 9.17) is 14.2 Å². The summed E-state index contributed by atoms with van der Waals surface area (Å²) in [5, 5.41) is 0. The highest BCUT2D eigenvalue weighted by atomic mass is 16.6. The molecule has 0 radical (unpaired) electrons. The molecule has 0 aliphatic rings. The van der Waals surface area contributed by atoms with Crippen molar-refractivity contribution in [1.82, 2.24) is 0 Å². The van der Waals surface area contributed by atoms with Crippen molar-refractivity contribution in [1.29, 1.82) is 0 Å². The first-order valence-electron chi connectivity index (χ1n) is 25.6. The third-order valence-electron chi connectivity index (χ3n) is 11.0. The largest absolute Gasteiger partial charge is 0.462 e. The molecule has 0 aromatic heterocycles. The Kier molecular flexibility index (Phi) is 46.9. The normalized spacial score (nSPS) is 12.4. The molecule has 0 saturated heterocycles. The average molecular weight is 841 g/mol. The zero-order chi connectivity index (χ0) is 43.7. The summed E-state index contributed by atoms with van der Waals surface area (Å²) in [6.07, 6.45) is 58.1. The monoisotopic (exact) mass is 841 g/mol. The van der Waals surface area contributed by atoms with Gasteiger partial charge in [0.2, 0.25) is 0 Å². The highest BCUT2D eigenvalue weighted by Gasteiger charge is 2.19. The Morgan fingerprint density at radius 1 is 0.333 bits per heavy atom. The van der Waals surface area contributed by atoms with E-state index in [0.717, 1.165) is 96.3 Å². The van der Waals surface area contributed by atoms with Gasteiger partial charge in [-0.2, -0.15) is 0 Å². The first-order chi connectivity index (χ1) is 29.5. The van der Waals surface area contributed by atoms with E-state index in [1.54, 1.807) is 0 Å². The van der Waals surface area contributed by atoms with E-state index < -0.39 is 6.10 Å². The van der Waals surface area contributed by atoms with Gasteiger partial charge in [0.05, 0.1) is 0 Å². The summed E-state index contributed by atoms with van der Waals surface area (Å²) in [4.78, 5) is 37.9. The molecule has 0 N–H and O–H groups in total. The summed E-state index contributed by atoms with van der Waals surface area (Å²) >= 11 is 0. The molecule has 60 heavy (non-hydrogen) atoms. The lowest BCUT2D eigenvalue weighted by Crippen LogP contribution is -2.30. The molecule has 0 heterocycles. The van der Waals surface area contributed by atoms with Gasteiger partial charge in [-0.25, -0.2) is 0 Å². The molecule has 6 heteroatoms. The van der Waals surface area contributed by atoms with Crippen LogP contribution in [0.1, 0.15) is 258 Å². The zero-order valence-electron chi connectivity index (χ0n) is 39.7. The Morgan fingerprint density at radius 3 is 1.05 bits per heavy atom. The number of ether oxygens (including phenoxy) is 3. The van der Waals surface area contributed by atoms with E-state index in [0.29, 0.717) is 19.3 Å². The summed E-state index contributed by atoms with van der Waals surface area (Å²) in [6, 6.07) is 0. The van der Waals surface area contributed by atoms with Crippen LogP contribution in [-0.2, 0) is 28.6 Å². The Morgan fingerprint density at radius 2 is 0.650 bits per heavy atom. The molecule has 348 valence electrons. The molecule has 0 amide bonds. The summed E-state index contributed by atoms with van der Waals surface area (Å²) in [5.41, 5.74) is 0. The number of unbranched alkanes of at least 4 members (excludes halogenated alkanes) is 27. The van der Waals surface area contributed by atoms with Crippen LogP contribution in [0.3, 0.4) is 0 Å². The molecule has 0 aromatic rings. The third-order valence-corrected chi connectivity index (χ3v) is 11.0. The van der Waals surface area contributed by atoms with Crippen LogP contribution in [-0.4, -0.2) is 37.2 Å². The lowest BCUT2D eigenvalue weighted by molar-refractivity contribution is -0.167. The molecule has 0 spiro atoms. The number of rotatable bonds is 46. The number of carbonyl (C=O) groups is 3. The van der Waals surface area contributed by atoms with Crippen molar-refractivity contribution < 1.29 is 28.6 Å². The van der Waals surface area contributed by atoms with Gasteiger partial charge in [0.25, 0.3) is 0 Å². The van der Waals surface area contributed by atoms with Crippen LogP contribution in [0, 0.1) is 0 Å². The van der Waals surface area contributed by atoms with Gasteiger partial charge in [-0.3, -0.25) is 14.4 Å². The smallest absolute Gasteiger partial charge is 0.306 e. The van der Waals surface area contributed by atoms with Gasteiger partial charge in [-0.05, 0) is 89.9 Å². The van der Waals surface area contributed by atoms with E-state index in [-0.39, 0.29) is 31.1 Å². The van der Waals surface area contributed by atoms with Gasteiger partial charge in [-0.1, -0.05) is 198 Å². The number of esters is 3. The highest BCUT2D eigenvalue weighted by molar-refractivity contribution is 5.71. The van der Waals surface area contributed by atoms with Crippen LogP contribution >= 0.6 is 0 Å². The van der Waals surface area contributed by atoms with Gasteiger partial charge >= 0.3 is 17.9 Å². The lowest BCUT2D eigenvalue weighted by Gasteiger charge is -2.18. The summed E-state index contributed by atoms with van der Waals surface area (Å²) in [7, 11) is 0. The van der Waals surface area contributed by atoms with E-state index in [9.17, 15) is 14.4 Å². The molecule has 0 aromatic carbocycles. The predicted octanol–water partition coefficient (Wildman–Crippen LogP) is 16.7. The van der Waals surface area contributed by atoms with Crippen molar-refractivity contribution in [2.24, 2.45) is 0 Å². The number of hydrogen-bond acceptors (Lipinski definition) is 6. The van der Waals surface area contributed by atoms with Crippen molar-refractivity contribution >= 4 is 17.9 Å². The van der Waals surface area contributed by atoms with Crippen molar-refractivity contribution in [2.75, 3.05) is 13.2 Å². The van der Waals surface area contributed by atoms with Crippen LogP contribution in [0.2, 0.25) is 0 Å². The predicted molar refractivity (Wildman–Crippen MR) is 256 cm³/mol. The van der Waals surface area contributed by atoms with Crippen molar-refractivity contribution in [2.45, 2.75) is 264 Å². The molecule has 0 saturated carbocycles. The van der Waals surface area contributed by atoms with E-state index in [2.05, 4.69) is 69.4 Å². The van der Waals surface area contributed by atoms with Gasteiger partial charge < -0.3 is 14.2 Å². The lowest BCUT2D eigenvalue weighted by atomic mass is 10.1. The Bertz CT molecular complexity index is 1060. The second-order valence-corrected chi connectivity index (χ2v) is 17.1. The fourth-order valence-corrected chi connectivity index (χ4v) is 7.10. The van der Waals surface area contributed by atoms with Crippen LogP contribution in [0.4, 0.5) is 0 Å². The second-order valence-electron chi connectivity index (χ2n) is 17.1. The molecule has 0 fully saturated rings. The molecule has 1 atom stereocenters. The van der Waals surface area contributed by atoms with Crippen molar-refractivity contribution in [3.05, 3.63) is 48.6 Å². The third kappa shape index (κ3) is 46.4. The minimum Gasteiger partial charge on any atom is -0.462 e. The first kappa shape index (κ1) is 57.4. The minimum atomic E-state index is -0.783. The van der Waals surface area contributed by atoms with Crippen LogP contribution in [0.25, 0.3) is 0 Å². The van der Waals surface area contributed by atoms with Gasteiger partial charge in [0.1, 0.15) is 13.2 Å². The molecular weight excluding hydrogens is 745 g/mol. The summed E-state index contributed by atoms with van der Waals surface area (Å²) in [6.45, 7) is 6.52. The molecule has 0 bridgehead atoms. The van der Waals surface area contributed by atoms with Crippen molar-refractivity contribution in [3.8, 4) is 0 Å². The van der Waals surface area contributed by atoms with E-state index in [1.807, 2.05) is 0 Å². The molecule has 6 nitrogen and oxygen atoms in total. The molecular formula is C54H96O6. The second kappa shape index (κ2) is 49.0. The molecule has 0 aliphatic carbocycles. The molecule has 0 aliphatic heterocycles. The molecule has 1 unspecified atom stereocenters. The van der Waals surface area contributed by atoms with Crippen LogP contribution < -0.4 is 0 Å². The molecule has 0 rings (SSSR count). The summed E-state index contributed by atoms with van der Waals surface area (Å²) < 4.78 is 16.8. The van der Waals surface area contributed by atoms with Crippen LogP contribution in [0.15, 0.2) is 48.6 Å². The average Bonchev–Trinajstić information content (AvgIpc) is 3.24. The fraction of sp³-hybridized carbons (Fsp3) is 0.796. The van der Waals surface area contributed by atoms with Gasteiger partial charge in [-0.15, -0.1) is 0 Å². The quantitative estimate of drug-likeness (QED) is 0.0263. The number of hydrogen-bond donors (Lipinski definition) is 0. The van der Waals surface area contributed by atoms with E-state index in [1.165, 1.54) is 122 Å². The Hall–Kier alpha value is -2.63. The summed E-state index contributed by atoms with van der Waals surface area (Å²) in [5.74, 6) is -0.907. The van der Waals surface area contributed by atoms with Crippen LogP contribution in [0.5, 0.6) is 0 Å². The van der Waals surface area contributed by atoms with E-state index >= 15 is 0 Å². The maximum Gasteiger partial charge on any atom is 0.306 e. The van der Waals surface area contributed by atoms with Crippen molar-refractivity contribution in [3.63, 3.8) is 0 Å². The van der Waals surface area contributed by atoms with Gasteiger partial charge in [0.15, 0.2) is 6.10 Å². The Balaban J connectivity index is 4.35. The fourth-order valence-electron chi connectivity index (χ4n) is 7.10. The maximum atomic E-state index is 12.8. The topological polar surface area (TPSA) is 78.9 Å². The number of allylic oxidation sites excluding steroid dienone is 8. The standard InChI is InChI=1S/C54H96O6/c1-4-7-10-13-16-19-22-24-25-26-27-28-30-32-35-38-41-44-47-53(56)59-50-51(49-58-52(55)46-43-40-37-34-31-21-18-15-12-9-6-3)60-54(57)48-45-42-39-36-33-29-23-20-17-14-11-8-5-2/h11,14-15,18,20,23,25-26,51H,4-10,12-13,16-17,19,21-22,24,27-50H2,1-3H3/b14-11-,18-15-,23-20-,26-25-.